The van der Waals surface area contributed by atoms with E-state index < -0.39 is 0 Å². The van der Waals surface area contributed by atoms with Gasteiger partial charge in [-0.05, 0) is 60.7 Å². The van der Waals surface area contributed by atoms with Gasteiger partial charge in [0.2, 0.25) is 0 Å². The number of ether oxygens (including phenoxy) is 2. The fraction of sp³-hybridized carbons (Fsp3) is 0.0417. The van der Waals surface area contributed by atoms with Crippen LogP contribution in [0.5, 0.6) is 17.4 Å². The van der Waals surface area contributed by atoms with Crippen LogP contribution in [-0.4, -0.2) is 23.0 Å². The van der Waals surface area contributed by atoms with Crippen molar-refractivity contribution in [2.45, 2.75) is 9.92 Å². The molecule has 0 saturated carbocycles. The molecule has 0 radical (unpaired) electrons. The average molecular weight is 464 g/mol. The Hall–Kier alpha value is -3.55. The van der Waals surface area contributed by atoms with Gasteiger partial charge in [-0.2, -0.15) is 0 Å². The third-order valence-corrected chi connectivity index (χ3v) is 5.58. The van der Waals surface area contributed by atoms with Gasteiger partial charge in [0.05, 0.1) is 12.8 Å². The van der Waals surface area contributed by atoms with Crippen molar-refractivity contribution < 1.29 is 14.3 Å². The summed E-state index contributed by atoms with van der Waals surface area (Å²) in [6, 6.07) is 21.5. The number of para-hydroxylation sites is 2. The third kappa shape index (κ3) is 5.38. The zero-order valence-electron chi connectivity index (χ0n) is 17.0. The number of anilines is 1. The molecule has 0 bridgehead atoms. The Balaban J connectivity index is 1.46. The number of hydrogen-bond donors (Lipinski definition) is 1. The molecule has 1 N–H and O–H groups in total. The first-order chi connectivity index (χ1) is 15.6. The summed E-state index contributed by atoms with van der Waals surface area (Å²) in [5.41, 5.74) is 1.09. The summed E-state index contributed by atoms with van der Waals surface area (Å²) in [5.74, 6) is 1.25. The average Bonchev–Trinajstić information content (AvgIpc) is 2.82. The summed E-state index contributed by atoms with van der Waals surface area (Å²) >= 11 is 7.37. The van der Waals surface area contributed by atoms with Gasteiger partial charge in [0.1, 0.15) is 11.5 Å². The van der Waals surface area contributed by atoms with Gasteiger partial charge < -0.3 is 14.8 Å². The van der Waals surface area contributed by atoms with Gasteiger partial charge in [0.15, 0.2) is 5.03 Å². The zero-order valence-corrected chi connectivity index (χ0v) is 18.6. The van der Waals surface area contributed by atoms with Crippen molar-refractivity contribution in [1.29, 1.82) is 0 Å². The van der Waals surface area contributed by atoms with Gasteiger partial charge in [-0.1, -0.05) is 35.5 Å². The van der Waals surface area contributed by atoms with E-state index in [0.717, 1.165) is 4.90 Å². The van der Waals surface area contributed by atoms with Crippen LogP contribution in [0.1, 0.15) is 10.4 Å². The van der Waals surface area contributed by atoms with Crippen LogP contribution < -0.4 is 14.8 Å². The van der Waals surface area contributed by atoms with Crippen LogP contribution >= 0.6 is 23.4 Å². The van der Waals surface area contributed by atoms with E-state index in [1.807, 2.05) is 36.4 Å². The van der Waals surface area contributed by atoms with Gasteiger partial charge >= 0.3 is 0 Å². The summed E-state index contributed by atoms with van der Waals surface area (Å²) < 4.78 is 11.2. The smallest absolute Gasteiger partial charge is 0.255 e. The zero-order chi connectivity index (χ0) is 22.3. The highest BCUT2D eigenvalue weighted by molar-refractivity contribution is 7.99. The summed E-state index contributed by atoms with van der Waals surface area (Å²) in [4.78, 5) is 22.2. The highest BCUT2D eigenvalue weighted by Gasteiger charge is 2.12. The summed E-state index contributed by atoms with van der Waals surface area (Å²) in [6.07, 6.45) is 3.17. The largest absolute Gasteiger partial charge is 0.495 e. The first-order valence-electron chi connectivity index (χ1n) is 9.59. The topological polar surface area (TPSA) is 73.3 Å². The summed E-state index contributed by atoms with van der Waals surface area (Å²) in [5, 5.41) is 4.13. The molecular weight excluding hydrogens is 446 g/mol. The van der Waals surface area contributed by atoms with Crippen molar-refractivity contribution in [1.82, 2.24) is 9.97 Å². The maximum Gasteiger partial charge on any atom is 0.255 e. The quantitative estimate of drug-likeness (QED) is 0.345. The lowest BCUT2D eigenvalue weighted by Gasteiger charge is -2.11. The van der Waals surface area contributed by atoms with E-state index in [4.69, 9.17) is 21.1 Å². The standard InChI is InChI=1S/C24H18ClN3O3S/c1-30-21-5-3-2-4-20(21)28-22(29)16-6-10-18(11-7-16)31-23-24(27-15-14-26-23)32-19-12-8-17(25)9-13-19/h2-15H,1H3,(H,28,29). The number of rotatable bonds is 7. The molecule has 4 aromatic rings. The lowest BCUT2D eigenvalue weighted by Crippen LogP contribution is -2.12. The first-order valence-corrected chi connectivity index (χ1v) is 10.8. The summed E-state index contributed by atoms with van der Waals surface area (Å²) in [7, 11) is 1.56. The minimum Gasteiger partial charge on any atom is -0.495 e. The Labute approximate surface area is 194 Å². The van der Waals surface area contributed by atoms with E-state index in [0.29, 0.717) is 38.7 Å². The van der Waals surface area contributed by atoms with Gasteiger partial charge in [-0.3, -0.25) is 4.79 Å². The van der Waals surface area contributed by atoms with E-state index in [2.05, 4.69) is 15.3 Å². The minimum atomic E-state index is -0.250. The van der Waals surface area contributed by atoms with Crippen LogP contribution in [0, 0.1) is 0 Å². The second-order valence-electron chi connectivity index (χ2n) is 6.50. The number of benzene rings is 3. The fourth-order valence-corrected chi connectivity index (χ4v) is 3.71. The number of halogens is 1. The van der Waals surface area contributed by atoms with Crippen molar-refractivity contribution in [3.05, 3.63) is 95.8 Å². The minimum absolute atomic E-state index is 0.250. The molecule has 0 fully saturated rings. The first kappa shape index (κ1) is 21.7. The van der Waals surface area contributed by atoms with Crippen LogP contribution in [0.25, 0.3) is 0 Å². The second kappa shape index (κ2) is 10.2. The van der Waals surface area contributed by atoms with E-state index in [-0.39, 0.29) is 5.91 Å². The van der Waals surface area contributed by atoms with Gasteiger partial charge in [-0.25, -0.2) is 9.97 Å². The van der Waals surface area contributed by atoms with Gasteiger partial charge in [0, 0.05) is 27.9 Å². The second-order valence-corrected chi connectivity index (χ2v) is 8.00. The SMILES string of the molecule is COc1ccccc1NC(=O)c1ccc(Oc2nccnc2Sc2ccc(Cl)cc2)cc1. The van der Waals surface area contributed by atoms with Gasteiger partial charge in [0.25, 0.3) is 11.8 Å². The molecule has 6 nitrogen and oxygen atoms in total. The molecule has 1 aromatic heterocycles. The van der Waals surface area contributed by atoms with E-state index in [1.54, 1.807) is 55.9 Å². The molecule has 8 heteroatoms. The van der Waals surface area contributed by atoms with Crippen molar-refractivity contribution in [3.8, 4) is 17.4 Å². The molecule has 0 atom stereocenters. The Morgan fingerprint density at radius 1 is 0.938 bits per heavy atom. The van der Waals surface area contributed by atoms with E-state index in [1.165, 1.54) is 11.8 Å². The molecule has 0 aliphatic carbocycles. The molecule has 0 saturated heterocycles. The monoisotopic (exact) mass is 463 g/mol. The predicted octanol–water partition coefficient (Wildman–Crippen LogP) is 6.33. The molecule has 0 aliphatic heterocycles. The van der Waals surface area contributed by atoms with Crippen molar-refractivity contribution in [2.75, 3.05) is 12.4 Å². The van der Waals surface area contributed by atoms with E-state index in [9.17, 15) is 4.79 Å². The molecular formula is C24H18ClN3O3S. The molecule has 0 unspecified atom stereocenters. The number of methoxy groups -OCH3 is 1. The Morgan fingerprint density at radius 2 is 1.66 bits per heavy atom. The van der Waals surface area contributed by atoms with Crippen molar-refractivity contribution in [3.63, 3.8) is 0 Å². The summed E-state index contributed by atoms with van der Waals surface area (Å²) in [6.45, 7) is 0. The maximum atomic E-state index is 12.6. The Kier molecular flexibility index (Phi) is 6.89. The number of amides is 1. The number of carbonyl (C=O) groups excluding carboxylic acids is 1. The predicted molar refractivity (Wildman–Crippen MR) is 125 cm³/mol. The normalized spacial score (nSPS) is 10.4. The number of nitrogens with zero attached hydrogens (tertiary/aromatic N) is 2. The Bertz CT molecular complexity index is 1220. The highest BCUT2D eigenvalue weighted by atomic mass is 35.5. The van der Waals surface area contributed by atoms with Crippen LogP contribution in [0.2, 0.25) is 5.02 Å². The number of nitrogens with one attached hydrogen (secondary N) is 1. The van der Waals surface area contributed by atoms with Crippen LogP contribution in [0.4, 0.5) is 5.69 Å². The molecule has 1 amide bonds. The van der Waals surface area contributed by atoms with Crippen LogP contribution in [0.3, 0.4) is 0 Å². The molecule has 0 spiro atoms. The van der Waals surface area contributed by atoms with Gasteiger partial charge in [-0.15, -0.1) is 0 Å². The third-order valence-electron chi connectivity index (χ3n) is 4.35. The van der Waals surface area contributed by atoms with E-state index >= 15 is 0 Å². The van der Waals surface area contributed by atoms with Crippen molar-refractivity contribution >= 4 is 35.0 Å². The molecule has 1 heterocycles. The van der Waals surface area contributed by atoms with Crippen molar-refractivity contribution in [2.24, 2.45) is 0 Å². The number of aromatic nitrogens is 2. The lowest BCUT2D eigenvalue weighted by atomic mass is 10.2. The number of hydrogen-bond acceptors (Lipinski definition) is 6. The maximum absolute atomic E-state index is 12.6. The molecule has 3 aromatic carbocycles. The fourth-order valence-electron chi connectivity index (χ4n) is 2.80. The number of carbonyl (C=O) groups is 1. The molecule has 0 aliphatic rings. The Morgan fingerprint density at radius 3 is 2.41 bits per heavy atom. The molecule has 160 valence electrons. The molecule has 32 heavy (non-hydrogen) atoms. The lowest BCUT2D eigenvalue weighted by molar-refractivity contribution is 0.102. The van der Waals surface area contributed by atoms with Crippen LogP contribution in [0.15, 0.2) is 95.1 Å². The highest BCUT2D eigenvalue weighted by Crippen LogP contribution is 2.34. The van der Waals surface area contributed by atoms with Crippen LogP contribution in [-0.2, 0) is 0 Å². The molecule has 4 rings (SSSR count).